The highest BCUT2D eigenvalue weighted by Crippen LogP contribution is 2.30. The standard InChI is InChI=1S/C12H16FNO/c1-14-7-6-11(12(13)8-14)9-2-4-10(15)5-3-9/h2-5,11-12,15H,6-8H2,1H3. The normalized spacial score (nSPS) is 27.9. The summed E-state index contributed by atoms with van der Waals surface area (Å²) in [5, 5.41) is 9.16. The fourth-order valence-corrected chi connectivity index (χ4v) is 2.15. The van der Waals surface area contributed by atoms with E-state index in [1.807, 2.05) is 24.1 Å². The molecule has 2 unspecified atom stereocenters. The fourth-order valence-electron chi connectivity index (χ4n) is 2.15. The van der Waals surface area contributed by atoms with Crippen molar-refractivity contribution < 1.29 is 9.50 Å². The summed E-state index contributed by atoms with van der Waals surface area (Å²) in [7, 11) is 1.94. The van der Waals surface area contributed by atoms with E-state index in [1.54, 1.807) is 12.1 Å². The Hall–Kier alpha value is -1.09. The zero-order valence-corrected chi connectivity index (χ0v) is 8.86. The summed E-state index contributed by atoms with van der Waals surface area (Å²) < 4.78 is 13.8. The summed E-state index contributed by atoms with van der Waals surface area (Å²) in [6.07, 6.45) is 0.0518. The van der Waals surface area contributed by atoms with Crippen LogP contribution >= 0.6 is 0 Å². The maximum atomic E-state index is 13.8. The largest absolute Gasteiger partial charge is 0.508 e. The van der Waals surface area contributed by atoms with Gasteiger partial charge in [-0.25, -0.2) is 4.39 Å². The van der Waals surface area contributed by atoms with Crippen LogP contribution in [-0.4, -0.2) is 36.3 Å². The lowest BCUT2D eigenvalue weighted by atomic mass is 9.88. The van der Waals surface area contributed by atoms with Crippen LogP contribution in [0.15, 0.2) is 24.3 Å². The zero-order chi connectivity index (χ0) is 10.8. The number of hydrogen-bond acceptors (Lipinski definition) is 2. The van der Waals surface area contributed by atoms with E-state index >= 15 is 0 Å². The quantitative estimate of drug-likeness (QED) is 0.766. The molecule has 0 spiro atoms. The molecule has 1 N–H and O–H groups in total. The Labute approximate surface area is 89.3 Å². The van der Waals surface area contributed by atoms with Gasteiger partial charge in [-0.2, -0.15) is 0 Å². The van der Waals surface area contributed by atoms with E-state index in [0.29, 0.717) is 6.54 Å². The van der Waals surface area contributed by atoms with Gasteiger partial charge in [0, 0.05) is 12.5 Å². The molecule has 3 heteroatoms. The molecule has 15 heavy (non-hydrogen) atoms. The van der Waals surface area contributed by atoms with Crippen molar-refractivity contribution in [2.24, 2.45) is 0 Å². The number of benzene rings is 1. The van der Waals surface area contributed by atoms with Gasteiger partial charge >= 0.3 is 0 Å². The van der Waals surface area contributed by atoms with Gasteiger partial charge in [0.2, 0.25) is 0 Å². The molecule has 2 rings (SSSR count). The minimum absolute atomic E-state index is 0.0122. The highest BCUT2D eigenvalue weighted by atomic mass is 19.1. The van der Waals surface area contributed by atoms with Crippen LogP contribution in [0.2, 0.25) is 0 Å². The van der Waals surface area contributed by atoms with Crippen LogP contribution in [0.5, 0.6) is 5.75 Å². The van der Waals surface area contributed by atoms with Gasteiger partial charge < -0.3 is 10.0 Å². The Morgan fingerprint density at radius 3 is 2.60 bits per heavy atom. The van der Waals surface area contributed by atoms with Crippen molar-refractivity contribution >= 4 is 0 Å². The molecule has 0 amide bonds. The van der Waals surface area contributed by atoms with E-state index in [9.17, 15) is 4.39 Å². The minimum atomic E-state index is -0.798. The van der Waals surface area contributed by atoms with Crippen molar-refractivity contribution in [2.75, 3.05) is 20.1 Å². The highest BCUT2D eigenvalue weighted by Gasteiger charge is 2.28. The fraction of sp³-hybridized carbons (Fsp3) is 0.500. The van der Waals surface area contributed by atoms with E-state index in [4.69, 9.17) is 5.11 Å². The monoisotopic (exact) mass is 209 g/mol. The lowest BCUT2D eigenvalue weighted by molar-refractivity contribution is 0.139. The van der Waals surface area contributed by atoms with Crippen molar-refractivity contribution in [2.45, 2.75) is 18.5 Å². The zero-order valence-electron chi connectivity index (χ0n) is 8.86. The number of likely N-dealkylation sites (tertiary alicyclic amines) is 1. The lowest BCUT2D eigenvalue weighted by Crippen LogP contribution is -2.38. The van der Waals surface area contributed by atoms with Crippen LogP contribution in [0.25, 0.3) is 0 Å². The van der Waals surface area contributed by atoms with Crippen LogP contribution in [0, 0.1) is 0 Å². The third kappa shape index (κ3) is 2.29. The maximum absolute atomic E-state index is 13.8. The minimum Gasteiger partial charge on any atom is -0.508 e. The smallest absolute Gasteiger partial charge is 0.120 e. The lowest BCUT2D eigenvalue weighted by Gasteiger charge is -2.32. The molecular formula is C12H16FNO. The summed E-state index contributed by atoms with van der Waals surface area (Å²) >= 11 is 0. The molecule has 1 aromatic rings. The number of halogens is 1. The number of rotatable bonds is 1. The van der Waals surface area contributed by atoms with Gasteiger partial charge in [0.1, 0.15) is 11.9 Å². The van der Waals surface area contributed by atoms with Gasteiger partial charge in [0.15, 0.2) is 0 Å². The number of phenolic OH excluding ortho intramolecular Hbond substituents is 1. The topological polar surface area (TPSA) is 23.5 Å². The Morgan fingerprint density at radius 1 is 1.33 bits per heavy atom. The number of phenols is 1. The number of alkyl halides is 1. The Bertz CT molecular complexity index is 325. The van der Waals surface area contributed by atoms with Gasteiger partial charge in [0.05, 0.1) is 0 Å². The van der Waals surface area contributed by atoms with Gasteiger partial charge in [0.25, 0.3) is 0 Å². The van der Waals surface area contributed by atoms with Crippen LogP contribution in [-0.2, 0) is 0 Å². The predicted octanol–water partition coefficient (Wildman–Crippen LogP) is 2.15. The van der Waals surface area contributed by atoms with Crippen molar-refractivity contribution in [1.82, 2.24) is 4.90 Å². The summed E-state index contributed by atoms with van der Waals surface area (Å²) in [4.78, 5) is 2.02. The summed E-state index contributed by atoms with van der Waals surface area (Å²) in [6, 6.07) is 6.89. The molecule has 1 aromatic carbocycles. The molecule has 1 aliphatic heterocycles. The van der Waals surface area contributed by atoms with Crippen molar-refractivity contribution in [3.05, 3.63) is 29.8 Å². The first kappa shape index (κ1) is 10.4. The van der Waals surface area contributed by atoms with E-state index in [0.717, 1.165) is 18.5 Å². The number of aromatic hydroxyl groups is 1. The molecular weight excluding hydrogens is 193 g/mol. The third-order valence-corrected chi connectivity index (χ3v) is 3.07. The molecule has 0 bridgehead atoms. The van der Waals surface area contributed by atoms with Crippen molar-refractivity contribution in [1.29, 1.82) is 0 Å². The Balaban J connectivity index is 2.13. The van der Waals surface area contributed by atoms with Crippen LogP contribution < -0.4 is 0 Å². The predicted molar refractivity (Wildman–Crippen MR) is 57.9 cm³/mol. The molecule has 0 aromatic heterocycles. The first-order valence-corrected chi connectivity index (χ1v) is 5.28. The van der Waals surface area contributed by atoms with Crippen LogP contribution in [0.4, 0.5) is 4.39 Å². The average molecular weight is 209 g/mol. The Morgan fingerprint density at radius 2 is 2.00 bits per heavy atom. The molecule has 0 aliphatic carbocycles. The summed E-state index contributed by atoms with van der Waals surface area (Å²) in [6.45, 7) is 1.44. The molecule has 0 saturated carbocycles. The van der Waals surface area contributed by atoms with Gasteiger partial charge in [-0.15, -0.1) is 0 Å². The van der Waals surface area contributed by atoms with E-state index in [1.165, 1.54) is 0 Å². The van der Waals surface area contributed by atoms with E-state index < -0.39 is 6.17 Å². The number of hydrogen-bond donors (Lipinski definition) is 1. The van der Waals surface area contributed by atoms with Crippen molar-refractivity contribution in [3.8, 4) is 5.75 Å². The maximum Gasteiger partial charge on any atom is 0.120 e. The second-order valence-electron chi connectivity index (χ2n) is 4.26. The Kier molecular flexibility index (Phi) is 2.91. The third-order valence-electron chi connectivity index (χ3n) is 3.07. The molecule has 1 aliphatic rings. The molecule has 2 nitrogen and oxygen atoms in total. The molecule has 82 valence electrons. The summed E-state index contributed by atoms with van der Waals surface area (Å²) in [5.41, 5.74) is 0.994. The SMILES string of the molecule is CN1CCC(c2ccc(O)cc2)C(F)C1. The van der Waals surface area contributed by atoms with E-state index in [2.05, 4.69) is 0 Å². The van der Waals surface area contributed by atoms with Crippen molar-refractivity contribution in [3.63, 3.8) is 0 Å². The van der Waals surface area contributed by atoms with Crippen LogP contribution in [0.1, 0.15) is 17.9 Å². The van der Waals surface area contributed by atoms with Gasteiger partial charge in [-0.3, -0.25) is 0 Å². The molecule has 1 saturated heterocycles. The molecule has 0 radical (unpaired) electrons. The number of nitrogens with zero attached hydrogens (tertiary/aromatic N) is 1. The van der Waals surface area contributed by atoms with E-state index in [-0.39, 0.29) is 11.7 Å². The first-order chi connectivity index (χ1) is 7.16. The first-order valence-electron chi connectivity index (χ1n) is 5.28. The molecule has 1 heterocycles. The molecule has 2 atom stereocenters. The van der Waals surface area contributed by atoms with Gasteiger partial charge in [-0.1, -0.05) is 12.1 Å². The molecule has 1 fully saturated rings. The number of piperidine rings is 1. The van der Waals surface area contributed by atoms with Crippen LogP contribution in [0.3, 0.4) is 0 Å². The average Bonchev–Trinajstić information content (AvgIpc) is 2.20. The second-order valence-corrected chi connectivity index (χ2v) is 4.26. The highest BCUT2D eigenvalue weighted by molar-refractivity contribution is 5.29. The van der Waals surface area contributed by atoms with Gasteiger partial charge in [-0.05, 0) is 37.7 Å². The summed E-state index contributed by atoms with van der Waals surface area (Å²) in [5.74, 6) is 0.226. The second kappa shape index (κ2) is 4.19.